The van der Waals surface area contributed by atoms with Crippen LogP contribution in [0.2, 0.25) is 0 Å². The Hall–Kier alpha value is -0.850. The van der Waals surface area contributed by atoms with Gasteiger partial charge in [0.15, 0.2) is 0 Å². The molecule has 0 aromatic heterocycles. The third-order valence-electron chi connectivity index (χ3n) is 1.87. The molecule has 3 nitrogen and oxygen atoms in total. The number of hydrogen-bond donors (Lipinski definition) is 1. The summed E-state index contributed by atoms with van der Waals surface area (Å²) in [4.78, 5) is 1.93. The Morgan fingerprint density at radius 2 is 2.45 bits per heavy atom. The largest absolute Gasteiger partial charge is 0.378 e. The van der Waals surface area contributed by atoms with Crippen molar-refractivity contribution in [3.63, 3.8) is 0 Å². The minimum atomic E-state index is -0.328. The molecule has 0 aromatic rings. The van der Waals surface area contributed by atoms with Crippen LogP contribution in [0.5, 0.6) is 0 Å². The van der Waals surface area contributed by atoms with Crippen molar-refractivity contribution in [2.45, 2.75) is 19.6 Å². The van der Waals surface area contributed by atoms with E-state index in [1.165, 1.54) is 0 Å². The van der Waals surface area contributed by atoms with E-state index in [0.29, 0.717) is 0 Å². The van der Waals surface area contributed by atoms with Crippen molar-refractivity contribution in [1.29, 1.82) is 5.26 Å². The van der Waals surface area contributed by atoms with E-state index in [-0.39, 0.29) is 6.23 Å². The Morgan fingerprint density at radius 3 is 2.91 bits per heavy atom. The van der Waals surface area contributed by atoms with Gasteiger partial charge >= 0.3 is 0 Å². The molecule has 0 bridgehead atoms. The van der Waals surface area contributed by atoms with Crippen molar-refractivity contribution >= 4 is 0 Å². The lowest BCUT2D eigenvalue weighted by molar-refractivity contribution is -0.0112. The Morgan fingerprint density at radius 1 is 1.82 bits per heavy atom. The van der Waals surface area contributed by atoms with Gasteiger partial charge in [-0.2, -0.15) is 5.26 Å². The van der Waals surface area contributed by atoms with E-state index in [1.807, 2.05) is 17.9 Å². The minimum Gasteiger partial charge on any atom is -0.378 e. The van der Waals surface area contributed by atoms with Crippen molar-refractivity contribution in [1.82, 2.24) is 4.90 Å². The minimum absolute atomic E-state index is 0.328. The second-order valence-electron chi connectivity index (χ2n) is 2.73. The molecule has 0 aromatic carbocycles. The summed E-state index contributed by atoms with van der Waals surface area (Å²) in [5, 5.41) is 17.6. The summed E-state index contributed by atoms with van der Waals surface area (Å²) < 4.78 is 0. The molecular weight excluding hydrogens is 140 g/mol. The van der Waals surface area contributed by atoms with Crippen LogP contribution in [0.15, 0.2) is 11.6 Å². The Balaban J connectivity index is 2.30. The SMILES string of the molecule is CCC(O)N1CC(=CC#N)C1. The molecule has 1 aliphatic heterocycles. The Labute approximate surface area is 66.5 Å². The first kappa shape index (κ1) is 8.25. The number of hydrogen-bond acceptors (Lipinski definition) is 3. The van der Waals surface area contributed by atoms with Crippen LogP contribution in [-0.2, 0) is 0 Å². The molecular formula is C8H12N2O. The average Bonchev–Trinajstić information content (AvgIpc) is 1.94. The molecule has 1 saturated heterocycles. The first-order valence-corrected chi connectivity index (χ1v) is 3.77. The maximum Gasteiger partial charge on any atom is 0.107 e. The molecule has 1 unspecified atom stereocenters. The van der Waals surface area contributed by atoms with E-state index in [0.717, 1.165) is 25.1 Å². The molecule has 1 rings (SSSR count). The molecule has 1 aliphatic rings. The van der Waals surface area contributed by atoms with Gasteiger partial charge in [-0.3, -0.25) is 4.90 Å². The van der Waals surface area contributed by atoms with Crippen LogP contribution < -0.4 is 0 Å². The van der Waals surface area contributed by atoms with Crippen LogP contribution in [0.25, 0.3) is 0 Å². The van der Waals surface area contributed by atoms with Gasteiger partial charge < -0.3 is 5.11 Å². The smallest absolute Gasteiger partial charge is 0.107 e. The highest BCUT2D eigenvalue weighted by Crippen LogP contribution is 2.17. The van der Waals surface area contributed by atoms with Gasteiger partial charge in [-0.25, -0.2) is 0 Å². The lowest BCUT2D eigenvalue weighted by Crippen LogP contribution is -2.46. The molecule has 0 amide bonds. The van der Waals surface area contributed by atoms with E-state index < -0.39 is 0 Å². The van der Waals surface area contributed by atoms with Gasteiger partial charge in [0.05, 0.1) is 6.07 Å². The fourth-order valence-corrected chi connectivity index (χ4v) is 1.13. The fourth-order valence-electron chi connectivity index (χ4n) is 1.13. The van der Waals surface area contributed by atoms with Crippen molar-refractivity contribution < 1.29 is 5.11 Å². The van der Waals surface area contributed by atoms with Crippen LogP contribution in [0, 0.1) is 11.3 Å². The lowest BCUT2D eigenvalue weighted by atomic mass is 10.1. The van der Waals surface area contributed by atoms with Crippen LogP contribution in [0.1, 0.15) is 13.3 Å². The summed E-state index contributed by atoms with van der Waals surface area (Å²) in [5.41, 5.74) is 1.11. The van der Waals surface area contributed by atoms with Gasteiger partial charge in [0.25, 0.3) is 0 Å². The summed E-state index contributed by atoms with van der Waals surface area (Å²) in [7, 11) is 0. The second-order valence-corrected chi connectivity index (χ2v) is 2.73. The van der Waals surface area contributed by atoms with E-state index >= 15 is 0 Å². The highest BCUT2D eigenvalue weighted by atomic mass is 16.3. The predicted octanol–water partition coefficient (Wildman–Crippen LogP) is 0.480. The van der Waals surface area contributed by atoms with Crippen LogP contribution in [0.3, 0.4) is 0 Å². The van der Waals surface area contributed by atoms with Gasteiger partial charge in [-0.15, -0.1) is 0 Å². The predicted molar refractivity (Wildman–Crippen MR) is 41.6 cm³/mol. The Kier molecular flexibility index (Phi) is 2.64. The number of likely N-dealkylation sites (tertiary alicyclic amines) is 1. The number of aliphatic hydroxyl groups excluding tert-OH is 1. The summed E-state index contributed by atoms with van der Waals surface area (Å²) in [6.45, 7) is 3.45. The van der Waals surface area contributed by atoms with Gasteiger partial charge in [0.2, 0.25) is 0 Å². The van der Waals surface area contributed by atoms with Crippen LogP contribution >= 0.6 is 0 Å². The lowest BCUT2D eigenvalue weighted by Gasteiger charge is -2.36. The normalized spacial score (nSPS) is 20.3. The molecule has 60 valence electrons. The number of aliphatic hydroxyl groups is 1. The molecule has 3 heteroatoms. The van der Waals surface area contributed by atoms with E-state index in [2.05, 4.69) is 0 Å². The topological polar surface area (TPSA) is 47.3 Å². The zero-order valence-corrected chi connectivity index (χ0v) is 6.62. The molecule has 0 saturated carbocycles. The molecule has 1 heterocycles. The monoisotopic (exact) mass is 152 g/mol. The summed E-state index contributed by atoms with van der Waals surface area (Å²) in [6, 6.07) is 1.98. The molecule has 1 N–H and O–H groups in total. The Bertz CT molecular complexity index is 197. The zero-order chi connectivity index (χ0) is 8.27. The first-order chi connectivity index (χ1) is 5.27. The van der Waals surface area contributed by atoms with Gasteiger partial charge in [0, 0.05) is 19.2 Å². The molecule has 11 heavy (non-hydrogen) atoms. The third kappa shape index (κ3) is 1.79. The summed E-state index contributed by atoms with van der Waals surface area (Å²) in [6.07, 6.45) is 1.98. The number of rotatable bonds is 2. The summed E-state index contributed by atoms with van der Waals surface area (Å²) >= 11 is 0. The number of allylic oxidation sites excluding steroid dienone is 1. The number of nitriles is 1. The van der Waals surface area contributed by atoms with Crippen LogP contribution in [0.4, 0.5) is 0 Å². The zero-order valence-electron chi connectivity index (χ0n) is 6.62. The molecule has 0 radical (unpaired) electrons. The van der Waals surface area contributed by atoms with E-state index in [9.17, 15) is 5.11 Å². The highest BCUT2D eigenvalue weighted by Gasteiger charge is 2.24. The maximum absolute atomic E-state index is 9.28. The fraction of sp³-hybridized carbons (Fsp3) is 0.625. The van der Waals surface area contributed by atoms with E-state index in [1.54, 1.807) is 6.08 Å². The van der Waals surface area contributed by atoms with E-state index in [4.69, 9.17) is 5.26 Å². The van der Waals surface area contributed by atoms with Gasteiger partial charge in [-0.1, -0.05) is 6.92 Å². The average molecular weight is 152 g/mol. The first-order valence-electron chi connectivity index (χ1n) is 3.77. The van der Waals surface area contributed by atoms with Gasteiger partial charge in [0.1, 0.15) is 6.23 Å². The number of nitrogens with zero attached hydrogens (tertiary/aromatic N) is 2. The summed E-state index contributed by atoms with van der Waals surface area (Å²) in [5.74, 6) is 0. The highest BCUT2D eigenvalue weighted by molar-refractivity contribution is 5.22. The molecule has 1 fully saturated rings. The molecule has 0 aliphatic carbocycles. The van der Waals surface area contributed by atoms with Crippen molar-refractivity contribution in [3.05, 3.63) is 11.6 Å². The van der Waals surface area contributed by atoms with Crippen molar-refractivity contribution in [2.75, 3.05) is 13.1 Å². The molecule has 0 spiro atoms. The quantitative estimate of drug-likeness (QED) is 0.585. The standard InChI is InChI=1S/C8H12N2O/c1-2-8(11)10-5-7(6-10)3-4-9/h3,8,11H,2,5-6H2,1H3. The maximum atomic E-state index is 9.28. The second kappa shape index (κ2) is 3.51. The molecule has 1 atom stereocenters. The van der Waals surface area contributed by atoms with Crippen molar-refractivity contribution in [3.8, 4) is 6.07 Å². The van der Waals surface area contributed by atoms with Crippen molar-refractivity contribution in [2.24, 2.45) is 0 Å². The van der Waals surface area contributed by atoms with Gasteiger partial charge in [-0.05, 0) is 12.0 Å². The third-order valence-corrected chi connectivity index (χ3v) is 1.87. The van der Waals surface area contributed by atoms with Crippen LogP contribution in [-0.4, -0.2) is 29.3 Å².